The molecule has 28 heavy (non-hydrogen) atoms. The molecule has 2 aromatic carbocycles. The van der Waals surface area contributed by atoms with Gasteiger partial charge in [-0.2, -0.15) is 0 Å². The monoisotopic (exact) mass is 378 g/mol. The molecule has 146 valence electrons. The number of piperidine rings is 1. The number of carbonyl (C=O) groups is 1. The Balaban J connectivity index is 1.32. The van der Waals surface area contributed by atoms with Gasteiger partial charge in [-0.15, -0.1) is 0 Å². The molecule has 6 heteroatoms. The van der Waals surface area contributed by atoms with Crippen LogP contribution >= 0.6 is 0 Å². The van der Waals surface area contributed by atoms with Gasteiger partial charge < -0.3 is 20.2 Å². The van der Waals surface area contributed by atoms with Crippen molar-refractivity contribution in [2.24, 2.45) is 0 Å². The highest BCUT2D eigenvalue weighted by atomic mass is 16.1. The fraction of sp³-hybridized carbons (Fsp3) is 0.364. The average molecular weight is 378 g/mol. The van der Waals surface area contributed by atoms with Crippen LogP contribution in [0.15, 0.2) is 47.3 Å². The molecule has 0 saturated carbocycles. The van der Waals surface area contributed by atoms with Crippen molar-refractivity contribution < 1.29 is 4.79 Å². The Bertz CT molecular complexity index is 1040. The minimum Gasteiger partial charge on any atom is -0.326 e. The summed E-state index contributed by atoms with van der Waals surface area (Å²) in [6.07, 6.45) is 2.84. The SMILES string of the molecule is Cc1ccccc1C1CCCN(CCC(=O)Nc2ccc3[nH]c(=O)[nH]c3c2)C1. The van der Waals surface area contributed by atoms with Gasteiger partial charge in [-0.3, -0.25) is 4.79 Å². The van der Waals surface area contributed by atoms with Crippen molar-refractivity contribution in [2.45, 2.75) is 32.1 Å². The third-order valence-electron chi connectivity index (χ3n) is 5.59. The number of benzene rings is 2. The Morgan fingerprint density at radius 2 is 2.00 bits per heavy atom. The van der Waals surface area contributed by atoms with Crippen LogP contribution in [-0.4, -0.2) is 40.4 Å². The molecule has 1 atom stereocenters. The Morgan fingerprint density at radius 3 is 2.86 bits per heavy atom. The Labute approximate surface area is 164 Å². The quantitative estimate of drug-likeness (QED) is 0.637. The number of hydrogen-bond donors (Lipinski definition) is 3. The van der Waals surface area contributed by atoms with Crippen LogP contribution in [0.4, 0.5) is 5.69 Å². The fourth-order valence-electron chi connectivity index (χ4n) is 4.15. The lowest BCUT2D eigenvalue weighted by Crippen LogP contribution is -2.36. The van der Waals surface area contributed by atoms with Gasteiger partial charge in [0, 0.05) is 25.2 Å². The zero-order valence-corrected chi connectivity index (χ0v) is 16.1. The Kier molecular flexibility index (Phi) is 5.30. The second kappa shape index (κ2) is 8.02. The summed E-state index contributed by atoms with van der Waals surface area (Å²) in [6, 6.07) is 14.0. The molecule has 3 aromatic rings. The second-order valence-electron chi connectivity index (χ2n) is 7.63. The van der Waals surface area contributed by atoms with E-state index < -0.39 is 0 Å². The molecule has 6 nitrogen and oxygen atoms in total. The normalized spacial score (nSPS) is 17.7. The number of hydrogen-bond acceptors (Lipinski definition) is 3. The van der Waals surface area contributed by atoms with Crippen LogP contribution in [-0.2, 0) is 4.79 Å². The molecule has 1 aliphatic heterocycles. The van der Waals surface area contributed by atoms with Crippen molar-refractivity contribution in [1.29, 1.82) is 0 Å². The molecule has 1 saturated heterocycles. The predicted molar refractivity (Wildman–Crippen MR) is 112 cm³/mol. The molecule has 4 rings (SSSR count). The summed E-state index contributed by atoms with van der Waals surface area (Å²) in [5.74, 6) is 0.543. The smallest absolute Gasteiger partial charge is 0.323 e. The van der Waals surface area contributed by atoms with E-state index in [4.69, 9.17) is 0 Å². The highest BCUT2D eigenvalue weighted by Gasteiger charge is 2.22. The number of amides is 1. The maximum absolute atomic E-state index is 12.4. The summed E-state index contributed by atoms with van der Waals surface area (Å²) in [5.41, 5.74) is 4.67. The number of aromatic nitrogens is 2. The van der Waals surface area contributed by atoms with Crippen LogP contribution in [0.25, 0.3) is 11.0 Å². The third kappa shape index (κ3) is 4.17. The maximum atomic E-state index is 12.4. The minimum absolute atomic E-state index is 0.00440. The molecule has 1 amide bonds. The van der Waals surface area contributed by atoms with Crippen LogP contribution in [0.5, 0.6) is 0 Å². The van der Waals surface area contributed by atoms with Crippen LogP contribution in [0.3, 0.4) is 0 Å². The number of aryl methyl sites for hydroxylation is 1. The highest BCUT2D eigenvalue weighted by molar-refractivity contribution is 5.93. The summed E-state index contributed by atoms with van der Waals surface area (Å²) < 4.78 is 0. The van der Waals surface area contributed by atoms with Crippen molar-refractivity contribution in [3.05, 3.63) is 64.1 Å². The first-order valence-electron chi connectivity index (χ1n) is 9.88. The van der Waals surface area contributed by atoms with Gasteiger partial charge in [0.1, 0.15) is 0 Å². The standard InChI is InChI=1S/C22H26N4O2/c1-15-5-2-3-7-18(15)16-6-4-11-26(14-16)12-10-21(27)23-17-8-9-19-20(13-17)25-22(28)24-19/h2-3,5,7-9,13,16H,4,6,10-12,14H2,1H3,(H,23,27)(H2,24,25,28). The first kappa shape index (κ1) is 18.5. The van der Waals surface area contributed by atoms with E-state index in [1.54, 1.807) is 18.2 Å². The number of rotatable bonds is 5. The topological polar surface area (TPSA) is 81.0 Å². The van der Waals surface area contributed by atoms with Gasteiger partial charge in [-0.05, 0) is 61.6 Å². The molecular weight excluding hydrogens is 352 g/mol. The fourth-order valence-corrected chi connectivity index (χ4v) is 4.15. The summed E-state index contributed by atoms with van der Waals surface area (Å²) in [4.78, 5) is 31.5. The molecule has 2 heterocycles. The lowest BCUT2D eigenvalue weighted by Gasteiger charge is -2.33. The number of likely N-dealkylation sites (tertiary alicyclic amines) is 1. The van der Waals surface area contributed by atoms with E-state index in [1.165, 1.54) is 17.5 Å². The molecule has 3 N–H and O–H groups in total. The summed E-state index contributed by atoms with van der Waals surface area (Å²) in [6.45, 7) is 4.99. The zero-order chi connectivity index (χ0) is 19.5. The maximum Gasteiger partial charge on any atom is 0.323 e. The van der Waals surface area contributed by atoms with Gasteiger partial charge in [-0.1, -0.05) is 24.3 Å². The van der Waals surface area contributed by atoms with Crippen molar-refractivity contribution in [3.63, 3.8) is 0 Å². The first-order chi connectivity index (χ1) is 13.6. The van der Waals surface area contributed by atoms with Gasteiger partial charge in [0.2, 0.25) is 5.91 Å². The number of imidazole rings is 1. The van der Waals surface area contributed by atoms with E-state index in [0.717, 1.165) is 31.6 Å². The molecule has 0 spiro atoms. The number of nitrogens with one attached hydrogen (secondary N) is 3. The van der Waals surface area contributed by atoms with E-state index in [9.17, 15) is 9.59 Å². The molecule has 1 aliphatic rings. The van der Waals surface area contributed by atoms with E-state index in [-0.39, 0.29) is 11.6 Å². The highest BCUT2D eigenvalue weighted by Crippen LogP contribution is 2.29. The van der Waals surface area contributed by atoms with E-state index in [1.807, 2.05) is 0 Å². The molecule has 1 aromatic heterocycles. The van der Waals surface area contributed by atoms with Gasteiger partial charge >= 0.3 is 5.69 Å². The van der Waals surface area contributed by atoms with Crippen LogP contribution in [0.1, 0.15) is 36.3 Å². The molecule has 1 unspecified atom stereocenters. The van der Waals surface area contributed by atoms with Gasteiger partial charge in [0.25, 0.3) is 0 Å². The predicted octanol–water partition coefficient (Wildman–Crippen LogP) is 3.37. The second-order valence-corrected chi connectivity index (χ2v) is 7.63. The van der Waals surface area contributed by atoms with Crippen molar-refractivity contribution in [2.75, 3.05) is 25.0 Å². The van der Waals surface area contributed by atoms with E-state index in [0.29, 0.717) is 23.5 Å². The van der Waals surface area contributed by atoms with Gasteiger partial charge in [-0.25, -0.2) is 4.79 Å². The van der Waals surface area contributed by atoms with Crippen LogP contribution < -0.4 is 11.0 Å². The molecule has 0 radical (unpaired) electrons. The summed E-state index contributed by atoms with van der Waals surface area (Å²) >= 11 is 0. The number of nitrogens with zero attached hydrogens (tertiary/aromatic N) is 1. The Morgan fingerprint density at radius 1 is 1.18 bits per heavy atom. The lowest BCUT2D eigenvalue weighted by atomic mass is 9.88. The molecule has 0 aliphatic carbocycles. The largest absolute Gasteiger partial charge is 0.326 e. The average Bonchev–Trinajstić information content (AvgIpc) is 3.06. The number of aromatic amines is 2. The number of anilines is 1. The number of carbonyl (C=O) groups excluding carboxylic acids is 1. The molecular formula is C22H26N4O2. The number of H-pyrrole nitrogens is 2. The van der Waals surface area contributed by atoms with Crippen molar-refractivity contribution >= 4 is 22.6 Å². The van der Waals surface area contributed by atoms with Crippen LogP contribution in [0, 0.1) is 6.92 Å². The van der Waals surface area contributed by atoms with Gasteiger partial charge in [0.15, 0.2) is 0 Å². The van der Waals surface area contributed by atoms with E-state index >= 15 is 0 Å². The summed E-state index contributed by atoms with van der Waals surface area (Å²) in [7, 11) is 0. The molecule has 0 bridgehead atoms. The zero-order valence-electron chi connectivity index (χ0n) is 16.1. The van der Waals surface area contributed by atoms with Crippen molar-refractivity contribution in [1.82, 2.24) is 14.9 Å². The first-order valence-corrected chi connectivity index (χ1v) is 9.88. The molecule has 1 fully saturated rings. The van der Waals surface area contributed by atoms with Gasteiger partial charge in [0.05, 0.1) is 11.0 Å². The van der Waals surface area contributed by atoms with Crippen LogP contribution in [0.2, 0.25) is 0 Å². The van der Waals surface area contributed by atoms with Crippen molar-refractivity contribution in [3.8, 4) is 0 Å². The number of fused-ring (bicyclic) bond motifs is 1. The third-order valence-corrected chi connectivity index (χ3v) is 5.59. The minimum atomic E-state index is -0.244. The summed E-state index contributed by atoms with van der Waals surface area (Å²) in [5, 5.41) is 2.93. The van der Waals surface area contributed by atoms with E-state index in [2.05, 4.69) is 51.4 Å². The Hall–Kier alpha value is -2.86. The lowest BCUT2D eigenvalue weighted by molar-refractivity contribution is -0.116.